The Hall–Kier alpha value is -4.46. The SMILES string of the molecule is CCOc1ccc(/C=C2\Oc3cc(OC(=O)c4ccc([N+](=O)[O-])cc4)ccc3C2=O)cc1. The summed E-state index contributed by atoms with van der Waals surface area (Å²) in [6, 6.07) is 16.8. The molecule has 0 N–H and O–H groups in total. The van der Waals surface area contributed by atoms with E-state index in [1.165, 1.54) is 42.5 Å². The van der Waals surface area contributed by atoms with Crippen LogP contribution in [0.1, 0.15) is 33.2 Å². The number of Topliss-reactive ketones (excluding diaryl/α,β-unsaturated/α-hetero) is 1. The summed E-state index contributed by atoms with van der Waals surface area (Å²) >= 11 is 0. The Morgan fingerprint density at radius 1 is 1.03 bits per heavy atom. The molecule has 0 unspecified atom stereocenters. The Morgan fingerprint density at radius 3 is 2.38 bits per heavy atom. The molecule has 3 aromatic rings. The standard InChI is InChI=1S/C24H17NO7/c1-2-30-18-9-3-15(4-10-18)13-22-23(26)20-12-11-19(14-21(20)32-22)31-24(27)16-5-7-17(8-6-16)25(28)29/h3-14H,2H2,1H3/b22-13-. The van der Waals surface area contributed by atoms with Gasteiger partial charge < -0.3 is 14.2 Å². The van der Waals surface area contributed by atoms with Crippen molar-refractivity contribution in [3.63, 3.8) is 0 Å². The highest BCUT2D eigenvalue weighted by atomic mass is 16.6. The van der Waals surface area contributed by atoms with Gasteiger partial charge in [0.15, 0.2) is 5.76 Å². The van der Waals surface area contributed by atoms with E-state index in [1.54, 1.807) is 18.2 Å². The van der Waals surface area contributed by atoms with Gasteiger partial charge in [0.25, 0.3) is 5.69 Å². The molecule has 1 aliphatic rings. The average Bonchev–Trinajstić information content (AvgIpc) is 3.10. The molecule has 160 valence electrons. The molecule has 0 aromatic heterocycles. The van der Waals surface area contributed by atoms with Gasteiger partial charge in [-0.15, -0.1) is 0 Å². The van der Waals surface area contributed by atoms with Crippen molar-refractivity contribution in [3.8, 4) is 17.2 Å². The molecule has 0 saturated carbocycles. The van der Waals surface area contributed by atoms with Crippen LogP contribution >= 0.6 is 0 Å². The predicted octanol–water partition coefficient (Wildman–Crippen LogP) is 4.83. The lowest BCUT2D eigenvalue weighted by Crippen LogP contribution is -2.08. The molecule has 0 spiro atoms. The minimum absolute atomic E-state index is 0.127. The van der Waals surface area contributed by atoms with Crippen molar-refractivity contribution in [2.24, 2.45) is 0 Å². The summed E-state index contributed by atoms with van der Waals surface area (Å²) in [6.07, 6.45) is 1.63. The molecule has 8 nitrogen and oxygen atoms in total. The minimum Gasteiger partial charge on any atom is -0.494 e. The van der Waals surface area contributed by atoms with Crippen molar-refractivity contribution in [3.05, 3.63) is 99.3 Å². The second-order valence-electron chi connectivity index (χ2n) is 6.79. The maximum Gasteiger partial charge on any atom is 0.343 e. The topological polar surface area (TPSA) is 105 Å². The van der Waals surface area contributed by atoms with Crippen molar-refractivity contribution < 1.29 is 28.7 Å². The molecule has 8 heteroatoms. The number of benzene rings is 3. The first-order valence-electron chi connectivity index (χ1n) is 9.72. The number of allylic oxidation sites excluding steroid dienone is 1. The Kier molecular flexibility index (Phi) is 5.67. The van der Waals surface area contributed by atoms with Gasteiger partial charge in [-0.25, -0.2) is 4.79 Å². The maximum absolute atomic E-state index is 12.6. The van der Waals surface area contributed by atoms with E-state index in [2.05, 4.69) is 0 Å². The highest BCUT2D eigenvalue weighted by Gasteiger charge is 2.28. The van der Waals surface area contributed by atoms with E-state index in [-0.39, 0.29) is 34.3 Å². The van der Waals surface area contributed by atoms with Gasteiger partial charge in [-0.2, -0.15) is 0 Å². The average molecular weight is 431 g/mol. The van der Waals surface area contributed by atoms with E-state index in [9.17, 15) is 19.7 Å². The molecule has 3 aromatic carbocycles. The fourth-order valence-electron chi connectivity index (χ4n) is 3.09. The second kappa shape index (κ2) is 8.73. The number of nitro benzene ring substituents is 1. The van der Waals surface area contributed by atoms with Crippen LogP contribution in [0.5, 0.6) is 17.2 Å². The molecule has 1 heterocycles. The first kappa shape index (κ1) is 20.8. The summed E-state index contributed by atoms with van der Waals surface area (Å²) in [6.45, 7) is 2.46. The number of carbonyl (C=O) groups is 2. The summed E-state index contributed by atoms with van der Waals surface area (Å²) < 4.78 is 16.4. The number of non-ortho nitro benzene ring substituents is 1. The Balaban J connectivity index is 1.48. The minimum atomic E-state index is -0.686. The van der Waals surface area contributed by atoms with Crippen molar-refractivity contribution in [1.29, 1.82) is 0 Å². The number of ketones is 1. The zero-order valence-corrected chi connectivity index (χ0v) is 16.9. The van der Waals surface area contributed by atoms with E-state index in [0.29, 0.717) is 12.2 Å². The molecule has 0 atom stereocenters. The molecule has 0 radical (unpaired) electrons. The third kappa shape index (κ3) is 4.34. The van der Waals surface area contributed by atoms with Crippen molar-refractivity contribution in [2.45, 2.75) is 6.92 Å². The first-order chi connectivity index (χ1) is 15.4. The van der Waals surface area contributed by atoms with E-state index < -0.39 is 10.9 Å². The number of rotatable bonds is 6. The highest BCUT2D eigenvalue weighted by Crippen LogP contribution is 2.35. The molecule has 0 fully saturated rings. The number of nitrogens with zero attached hydrogens (tertiary/aromatic N) is 1. The quantitative estimate of drug-likeness (QED) is 0.181. The third-order valence-corrected chi connectivity index (χ3v) is 4.65. The zero-order chi connectivity index (χ0) is 22.7. The number of carbonyl (C=O) groups excluding carboxylic acids is 2. The van der Waals surface area contributed by atoms with Crippen LogP contribution in [0.3, 0.4) is 0 Å². The molecular weight excluding hydrogens is 414 g/mol. The zero-order valence-electron chi connectivity index (χ0n) is 16.9. The molecule has 4 rings (SSSR count). The number of ether oxygens (including phenoxy) is 3. The number of hydrogen-bond acceptors (Lipinski definition) is 7. The van der Waals surface area contributed by atoms with Crippen LogP contribution in [-0.2, 0) is 0 Å². The molecule has 0 aliphatic carbocycles. The Morgan fingerprint density at radius 2 is 1.72 bits per heavy atom. The second-order valence-corrected chi connectivity index (χ2v) is 6.79. The van der Waals surface area contributed by atoms with Gasteiger partial charge in [0, 0.05) is 18.2 Å². The Labute approximate surface area is 182 Å². The summed E-state index contributed by atoms with van der Waals surface area (Å²) in [5.41, 5.74) is 1.16. The van der Waals surface area contributed by atoms with Gasteiger partial charge in [0.1, 0.15) is 17.2 Å². The Bertz CT molecular complexity index is 1230. The molecule has 0 saturated heterocycles. The highest BCUT2D eigenvalue weighted by molar-refractivity contribution is 6.14. The van der Waals surface area contributed by atoms with Gasteiger partial charge in [-0.3, -0.25) is 14.9 Å². The van der Waals surface area contributed by atoms with Crippen molar-refractivity contribution >= 4 is 23.5 Å². The lowest BCUT2D eigenvalue weighted by molar-refractivity contribution is -0.384. The van der Waals surface area contributed by atoms with Crippen molar-refractivity contribution in [1.82, 2.24) is 0 Å². The largest absolute Gasteiger partial charge is 0.494 e. The smallest absolute Gasteiger partial charge is 0.343 e. The monoisotopic (exact) mass is 431 g/mol. The van der Waals surface area contributed by atoms with Crippen LogP contribution < -0.4 is 14.2 Å². The van der Waals surface area contributed by atoms with E-state index >= 15 is 0 Å². The van der Waals surface area contributed by atoms with Crippen LogP contribution in [0.4, 0.5) is 5.69 Å². The van der Waals surface area contributed by atoms with Gasteiger partial charge >= 0.3 is 5.97 Å². The van der Waals surface area contributed by atoms with E-state index in [1.807, 2.05) is 19.1 Å². The fraction of sp³-hybridized carbons (Fsp3) is 0.0833. The number of esters is 1. The van der Waals surface area contributed by atoms with Gasteiger partial charge in [0.05, 0.1) is 22.7 Å². The fourth-order valence-corrected chi connectivity index (χ4v) is 3.09. The van der Waals surface area contributed by atoms with E-state index in [0.717, 1.165) is 11.3 Å². The molecule has 0 bridgehead atoms. The molecule has 0 amide bonds. The van der Waals surface area contributed by atoms with Crippen LogP contribution in [0.15, 0.2) is 72.5 Å². The summed E-state index contributed by atoms with van der Waals surface area (Å²) in [5.74, 6) is 0.388. The molecule has 32 heavy (non-hydrogen) atoms. The first-order valence-corrected chi connectivity index (χ1v) is 9.72. The van der Waals surface area contributed by atoms with Crippen molar-refractivity contribution in [2.75, 3.05) is 6.61 Å². The summed E-state index contributed by atoms with van der Waals surface area (Å²) in [5, 5.41) is 10.7. The van der Waals surface area contributed by atoms with Gasteiger partial charge in [-0.05, 0) is 55.0 Å². The number of nitro groups is 1. The predicted molar refractivity (Wildman–Crippen MR) is 115 cm³/mol. The molecule has 1 aliphatic heterocycles. The third-order valence-electron chi connectivity index (χ3n) is 4.65. The van der Waals surface area contributed by atoms with Crippen LogP contribution in [0, 0.1) is 10.1 Å². The summed E-state index contributed by atoms with van der Waals surface area (Å²) in [7, 11) is 0. The maximum atomic E-state index is 12.6. The van der Waals surface area contributed by atoms with E-state index in [4.69, 9.17) is 14.2 Å². The van der Waals surface area contributed by atoms with Crippen LogP contribution in [-0.4, -0.2) is 23.3 Å². The lowest BCUT2D eigenvalue weighted by atomic mass is 10.1. The summed E-state index contributed by atoms with van der Waals surface area (Å²) in [4.78, 5) is 35.1. The van der Waals surface area contributed by atoms with Gasteiger partial charge in [-0.1, -0.05) is 12.1 Å². The van der Waals surface area contributed by atoms with Gasteiger partial charge in [0.2, 0.25) is 5.78 Å². The normalized spacial score (nSPS) is 13.4. The molecular formula is C24H17NO7. The van der Waals surface area contributed by atoms with Crippen LogP contribution in [0.25, 0.3) is 6.08 Å². The number of hydrogen-bond donors (Lipinski definition) is 0. The van der Waals surface area contributed by atoms with Crippen LogP contribution in [0.2, 0.25) is 0 Å². The lowest BCUT2D eigenvalue weighted by Gasteiger charge is -2.05. The number of fused-ring (bicyclic) bond motifs is 1.